The van der Waals surface area contributed by atoms with Crippen molar-refractivity contribution in [2.24, 2.45) is 0 Å². The lowest BCUT2D eigenvalue weighted by molar-refractivity contribution is 0.104. The highest BCUT2D eigenvalue weighted by atomic mass is 32.2. The number of carbonyl (C=O) groups excluding carboxylic acids is 1. The molecule has 9 nitrogen and oxygen atoms in total. The monoisotopic (exact) mass is 468 g/mol. The van der Waals surface area contributed by atoms with Crippen LogP contribution in [0.2, 0.25) is 0 Å². The molecule has 172 valence electrons. The minimum Gasteiger partial charge on any atom is -0.493 e. The first-order chi connectivity index (χ1) is 15.7. The second-order valence-electron chi connectivity index (χ2n) is 7.02. The van der Waals surface area contributed by atoms with Crippen molar-refractivity contribution < 1.29 is 22.7 Å². The summed E-state index contributed by atoms with van der Waals surface area (Å²) in [6.45, 7) is 3.52. The number of rotatable bonds is 9. The summed E-state index contributed by atoms with van der Waals surface area (Å²) in [4.78, 5) is 20.6. The molecular weight excluding hydrogens is 444 g/mol. The fourth-order valence-corrected chi connectivity index (χ4v) is 3.92. The minimum absolute atomic E-state index is 0.0197. The van der Waals surface area contributed by atoms with Gasteiger partial charge in [0.2, 0.25) is 5.95 Å². The van der Waals surface area contributed by atoms with Crippen LogP contribution in [-0.2, 0) is 10.0 Å². The molecule has 3 rings (SSSR count). The first-order valence-electron chi connectivity index (χ1n) is 9.86. The van der Waals surface area contributed by atoms with E-state index in [2.05, 4.69) is 20.0 Å². The largest absolute Gasteiger partial charge is 0.493 e. The lowest BCUT2D eigenvalue weighted by Crippen LogP contribution is -2.15. The van der Waals surface area contributed by atoms with E-state index in [0.29, 0.717) is 34.1 Å². The molecule has 0 aliphatic carbocycles. The molecule has 33 heavy (non-hydrogen) atoms. The van der Waals surface area contributed by atoms with E-state index in [4.69, 9.17) is 9.47 Å². The van der Waals surface area contributed by atoms with Crippen LogP contribution in [-0.4, -0.2) is 38.4 Å². The standard InChI is InChI=1S/C23H24N4O5S/c1-15-13-16(2)26-23(25-15)27-33(29,30)19-8-6-18(7-9-19)24-12-11-20(28)17-5-10-21(31-3)22(14-17)32-4/h5-14,24H,1-4H3,(H,25,26,27)/b12-11-. The Morgan fingerprint density at radius 2 is 1.55 bits per heavy atom. The number of carbonyl (C=O) groups is 1. The zero-order valence-corrected chi connectivity index (χ0v) is 19.4. The number of aromatic nitrogens is 2. The number of benzene rings is 2. The van der Waals surface area contributed by atoms with Crippen LogP contribution in [0.3, 0.4) is 0 Å². The van der Waals surface area contributed by atoms with Crippen molar-refractivity contribution in [3.63, 3.8) is 0 Å². The fraction of sp³-hybridized carbons (Fsp3) is 0.174. The maximum Gasteiger partial charge on any atom is 0.264 e. The topological polar surface area (TPSA) is 120 Å². The smallest absolute Gasteiger partial charge is 0.264 e. The van der Waals surface area contributed by atoms with Gasteiger partial charge in [-0.25, -0.2) is 23.1 Å². The van der Waals surface area contributed by atoms with E-state index in [1.165, 1.54) is 38.6 Å². The number of nitrogens with one attached hydrogen (secondary N) is 2. The number of anilines is 2. The minimum atomic E-state index is -3.84. The second kappa shape index (κ2) is 10.1. The van der Waals surface area contributed by atoms with Gasteiger partial charge < -0.3 is 14.8 Å². The summed E-state index contributed by atoms with van der Waals surface area (Å²) in [5.41, 5.74) is 2.36. The molecule has 0 fully saturated rings. The molecule has 0 saturated carbocycles. The first kappa shape index (κ1) is 23.7. The van der Waals surface area contributed by atoms with Crippen LogP contribution in [0.15, 0.2) is 65.7 Å². The highest BCUT2D eigenvalue weighted by molar-refractivity contribution is 7.92. The molecule has 3 aromatic rings. The van der Waals surface area contributed by atoms with Crippen molar-refractivity contribution in [3.05, 3.63) is 77.8 Å². The van der Waals surface area contributed by atoms with Crippen LogP contribution in [0.25, 0.3) is 0 Å². The fourth-order valence-electron chi connectivity index (χ4n) is 2.98. The first-order valence-corrected chi connectivity index (χ1v) is 11.3. The van der Waals surface area contributed by atoms with Gasteiger partial charge >= 0.3 is 0 Å². The molecule has 0 bridgehead atoms. The summed E-state index contributed by atoms with van der Waals surface area (Å²) in [7, 11) is -0.824. The number of allylic oxidation sites excluding steroid dienone is 1. The normalized spacial score (nSPS) is 11.3. The van der Waals surface area contributed by atoms with Crippen LogP contribution < -0.4 is 19.5 Å². The van der Waals surface area contributed by atoms with Crippen molar-refractivity contribution in [2.75, 3.05) is 24.3 Å². The number of sulfonamides is 1. The van der Waals surface area contributed by atoms with Gasteiger partial charge in [-0.2, -0.15) is 0 Å². The molecule has 0 atom stereocenters. The van der Waals surface area contributed by atoms with E-state index in [1.807, 2.05) is 0 Å². The Morgan fingerprint density at radius 1 is 0.909 bits per heavy atom. The van der Waals surface area contributed by atoms with E-state index < -0.39 is 10.0 Å². The van der Waals surface area contributed by atoms with E-state index in [9.17, 15) is 13.2 Å². The van der Waals surface area contributed by atoms with Gasteiger partial charge in [0.05, 0.1) is 19.1 Å². The Labute approximate surface area is 192 Å². The van der Waals surface area contributed by atoms with Crippen LogP contribution in [0, 0.1) is 13.8 Å². The Hall–Kier alpha value is -3.92. The SMILES string of the molecule is COc1ccc(C(=O)/C=C\Nc2ccc(S(=O)(=O)Nc3nc(C)cc(C)n3)cc2)cc1OC. The average Bonchev–Trinajstić information content (AvgIpc) is 2.77. The molecule has 0 amide bonds. The summed E-state index contributed by atoms with van der Waals surface area (Å²) >= 11 is 0. The van der Waals surface area contributed by atoms with Crippen molar-refractivity contribution in [2.45, 2.75) is 18.7 Å². The molecule has 1 aromatic heterocycles. The summed E-state index contributed by atoms with van der Waals surface area (Å²) in [5, 5.41) is 2.94. The molecule has 0 spiro atoms. The zero-order valence-electron chi connectivity index (χ0n) is 18.6. The number of hydrogen-bond donors (Lipinski definition) is 2. The second-order valence-corrected chi connectivity index (χ2v) is 8.70. The number of aryl methyl sites for hydroxylation is 2. The molecule has 0 radical (unpaired) electrons. The van der Waals surface area contributed by atoms with Gasteiger partial charge in [0.1, 0.15) is 0 Å². The lowest BCUT2D eigenvalue weighted by atomic mass is 10.1. The molecule has 0 unspecified atom stereocenters. The van der Waals surface area contributed by atoms with Crippen LogP contribution >= 0.6 is 0 Å². The van der Waals surface area contributed by atoms with Crippen molar-refractivity contribution in [1.82, 2.24) is 9.97 Å². The van der Waals surface area contributed by atoms with Gasteiger partial charge in [-0.05, 0) is 62.4 Å². The molecule has 2 aromatic carbocycles. The number of ketones is 1. The average molecular weight is 469 g/mol. The molecule has 1 heterocycles. The van der Waals surface area contributed by atoms with Crippen LogP contribution in [0.4, 0.5) is 11.6 Å². The quantitative estimate of drug-likeness (QED) is 0.360. The van der Waals surface area contributed by atoms with Crippen molar-refractivity contribution in [1.29, 1.82) is 0 Å². The maximum atomic E-state index is 12.6. The van der Waals surface area contributed by atoms with Crippen LogP contribution in [0.5, 0.6) is 11.5 Å². The highest BCUT2D eigenvalue weighted by Crippen LogP contribution is 2.27. The van der Waals surface area contributed by atoms with E-state index in [-0.39, 0.29) is 16.6 Å². The molecular formula is C23H24N4O5S. The third-order valence-corrected chi connectivity index (χ3v) is 5.87. The van der Waals surface area contributed by atoms with Gasteiger partial charge in [0, 0.05) is 34.9 Å². The number of ether oxygens (including phenoxy) is 2. The van der Waals surface area contributed by atoms with Crippen LogP contribution in [0.1, 0.15) is 21.7 Å². The third kappa shape index (κ3) is 6.07. The summed E-state index contributed by atoms with van der Waals surface area (Å²) in [6.07, 6.45) is 2.84. The molecule has 10 heteroatoms. The van der Waals surface area contributed by atoms with E-state index >= 15 is 0 Å². The van der Waals surface area contributed by atoms with Crippen molar-refractivity contribution in [3.8, 4) is 11.5 Å². The maximum absolute atomic E-state index is 12.6. The lowest BCUT2D eigenvalue weighted by Gasteiger charge is -2.09. The highest BCUT2D eigenvalue weighted by Gasteiger charge is 2.16. The predicted octanol–water partition coefficient (Wildman–Crippen LogP) is 3.72. The molecule has 0 aliphatic rings. The van der Waals surface area contributed by atoms with Gasteiger partial charge in [-0.15, -0.1) is 0 Å². The Balaban J connectivity index is 1.65. The van der Waals surface area contributed by atoms with Gasteiger partial charge in [0.25, 0.3) is 10.0 Å². The molecule has 2 N–H and O–H groups in total. The number of hydrogen-bond acceptors (Lipinski definition) is 8. The van der Waals surface area contributed by atoms with Gasteiger partial charge in [0.15, 0.2) is 17.3 Å². The third-order valence-electron chi connectivity index (χ3n) is 4.53. The van der Waals surface area contributed by atoms with Gasteiger partial charge in [-0.3, -0.25) is 4.79 Å². The Bertz CT molecular complexity index is 1270. The molecule has 0 saturated heterocycles. The Morgan fingerprint density at radius 3 is 2.15 bits per heavy atom. The zero-order chi connectivity index (χ0) is 24.0. The molecule has 0 aliphatic heterocycles. The summed E-state index contributed by atoms with van der Waals surface area (Å²) < 4.78 is 38.0. The summed E-state index contributed by atoms with van der Waals surface area (Å²) in [5.74, 6) is 0.776. The Kier molecular flexibility index (Phi) is 7.29. The predicted molar refractivity (Wildman–Crippen MR) is 125 cm³/mol. The summed E-state index contributed by atoms with van der Waals surface area (Å²) in [6, 6.07) is 12.7. The number of nitrogens with zero attached hydrogens (tertiary/aromatic N) is 2. The van der Waals surface area contributed by atoms with Gasteiger partial charge in [-0.1, -0.05) is 0 Å². The van der Waals surface area contributed by atoms with E-state index in [1.54, 1.807) is 50.2 Å². The van der Waals surface area contributed by atoms with Crippen molar-refractivity contribution >= 4 is 27.4 Å². The number of methoxy groups -OCH3 is 2. The van der Waals surface area contributed by atoms with E-state index in [0.717, 1.165) is 0 Å².